The molecule has 4 heteroatoms. The Bertz CT molecular complexity index is 641. The molecule has 2 aromatic carbocycles. The van der Waals surface area contributed by atoms with E-state index in [4.69, 9.17) is 5.73 Å². The lowest BCUT2D eigenvalue weighted by Crippen LogP contribution is -2.21. The monoisotopic (exact) mass is 350 g/mol. The molecule has 112 valence electrons. The van der Waals surface area contributed by atoms with Gasteiger partial charge in [0.2, 0.25) is 0 Å². The van der Waals surface area contributed by atoms with Gasteiger partial charge in [-0.15, -0.1) is 0 Å². The first-order chi connectivity index (χ1) is 9.90. The highest BCUT2D eigenvalue weighted by Gasteiger charge is 2.15. The Kier molecular flexibility index (Phi) is 5.01. The zero-order valence-corrected chi connectivity index (χ0v) is 14.1. The van der Waals surface area contributed by atoms with Crippen molar-refractivity contribution >= 4 is 21.6 Å². The van der Waals surface area contributed by atoms with E-state index in [-0.39, 0.29) is 11.9 Å². The number of hydrogen-bond donors (Lipinski definition) is 1. The summed E-state index contributed by atoms with van der Waals surface area (Å²) in [6.07, 6.45) is 0. The minimum absolute atomic E-state index is 0.208. The van der Waals surface area contributed by atoms with Crippen molar-refractivity contribution in [3.05, 3.63) is 63.4 Å². The number of benzene rings is 2. The van der Waals surface area contributed by atoms with Gasteiger partial charge in [0.05, 0.1) is 0 Å². The molecule has 0 heterocycles. The Labute approximate surface area is 133 Å². The summed E-state index contributed by atoms with van der Waals surface area (Å²) >= 11 is 3.56. The SMILES string of the molecule is Cc1cc(N(C)Cc2ccccc2Br)c(C(C)N)cc1F. The minimum atomic E-state index is -0.211. The fourth-order valence-electron chi connectivity index (χ4n) is 2.34. The topological polar surface area (TPSA) is 29.3 Å². The van der Waals surface area contributed by atoms with E-state index in [1.807, 2.05) is 38.2 Å². The standard InChI is InChI=1S/C17H20BrFN2/c1-11-8-17(14(12(2)20)9-16(11)19)21(3)10-13-6-4-5-7-15(13)18/h4-9,12H,10,20H2,1-3H3. The van der Waals surface area contributed by atoms with Crippen molar-refractivity contribution in [1.82, 2.24) is 0 Å². The first-order valence-corrected chi connectivity index (χ1v) is 7.69. The lowest BCUT2D eigenvalue weighted by atomic mass is 10.0. The summed E-state index contributed by atoms with van der Waals surface area (Å²) in [5.74, 6) is -0.208. The Balaban J connectivity index is 2.37. The molecule has 2 aromatic rings. The molecule has 1 atom stereocenters. The first kappa shape index (κ1) is 16.0. The van der Waals surface area contributed by atoms with Crippen LogP contribution in [0.25, 0.3) is 0 Å². The van der Waals surface area contributed by atoms with Crippen LogP contribution in [0.3, 0.4) is 0 Å². The van der Waals surface area contributed by atoms with E-state index in [0.717, 1.165) is 22.3 Å². The molecule has 0 saturated heterocycles. The van der Waals surface area contributed by atoms with Crippen LogP contribution < -0.4 is 10.6 Å². The highest BCUT2D eigenvalue weighted by molar-refractivity contribution is 9.10. The average Bonchev–Trinajstić information content (AvgIpc) is 2.43. The molecule has 1 unspecified atom stereocenters. The fraction of sp³-hybridized carbons (Fsp3) is 0.294. The first-order valence-electron chi connectivity index (χ1n) is 6.90. The molecule has 2 nitrogen and oxygen atoms in total. The molecular formula is C17H20BrFN2. The fourth-order valence-corrected chi connectivity index (χ4v) is 2.75. The van der Waals surface area contributed by atoms with Crippen molar-refractivity contribution in [3.8, 4) is 0 Å². The zero-order valence-electron chi connectivity index (χ0n) is 12.5. The van der Waals surface area contributed by atoms with Crippen LogP contribution in [0.4, 0.5) is 10.1 Å². The van der Waals surface area contributed by atoms with Crippen molar-refractivity contribution in [3.63, 3.8) is 0 Å². The van der Waals surface area contributed by atoms with Gasteiger partial charge >= 0.3 is 0 Å². The molecule has 2 N–H and O–H groups in total. The Hall–Kier alpha value is -1.39. The van der Waals surface area contributed by atoms with Crippen LogP contribution in [0, 0.1) is 12.7 Å². The molecule has 0 fully saturated rings. The van der Waals surface area contributed by atoms with Crippen molar-refractivity contribution in [2.45, 2.75) is 26.4 Å². The minimum Gasteiger partial charge on any atom is -0.370 e. The van der Waals surface area contributed by atoms with Gasteiger partial charge < -0.3 is 10.6 Å². The van der Waals surface area contributed by atoms with Crippen LogP contribution in [0.2, 0.25) is 0 Å². The molecule has 0 aromatic heterocycles. The predicted molar refractivity (Wildman–Crippen MR) is 90.0 cm³/mol. The summed E-state index contributed by atoms with van der Waals surface area (Å²) in [4.78, 5) is 2.10. The van der Waals surface area contributed by atoms with Crippen molar-refractivity contribution in [2.24, 2.45) is 5.73 Å². The second-order valence-corrected chi connectivity index (χ2v) is 6.25. The Morgan fingerprint density at radius 3 is 2.57 bits per heavy atom. The molecule has 0 bridgehead atoms. The van der Waals surface area contributed by atoms with E-state index in [1.54, 1.807) is 13.0 Å². The third kappa shape index (κ3) is 3.63. The van der Waals surface area contributed by atoms with E-state index < -0.39 is 0 Å². The third-order valence-corrected chi connectivity index (χ3v) is 4.35. The third-order valence-electron chi connectivity index (χ3n) is 3.58. The van der Waals surface area contributed by atoms with Gasteiger partial charge in [-0.05, 0) is 48.7 Å². The normalized spacial score (nSPS) is 12.3. The van der Waals surface area contributed by atoms with Gasteiger partial charge in [0.1, 0.15) is 5.82 Å². The summed E-state index contributed by atoms with van der Waals surface area (Å²) in [5, 5.41) is 0. The van der Waals surface area contributed by atoms with Gasteiger partial charge in [0.15, 0.2) is 0 Å². The van der Waals surface area contributed by atoms with Crippen LogP contribution in [0.15, 0.2) is 40.9 Å². The second-order valence-electron chi connectivity index (χ2n) is 5.40. The molecule has 0 aliphatic heterocycles. The lowest BCUT2D eigenvalue weighted by molar-refractivity contribution is 0.612. The van der Waals surface area contributed by atoms with Crippen molar-refractivity contribution in [1.29, 1.82) is 0 Å². The molecule has 0 radical (unpaired) electrons. The van der Waals surface area contributed by atoms with E-state index in [1.165, 1.54) is 5.56 Å². The second kappa shape index (κ2) is 6.58. The Morgan fingerprint density at radius 1 is 1.29 bits per heavy atom. The van der Waals surface area contributed by atoms with Gasteiger partial charge in [0, 0.05) is 29.8 Å². The summed E-state index contributed by atoms with van der Waals surface area (Å²) in [6.45, 7) is 4.38. The van der Waals surface area contributed by atoms with Crippen molar-refractivity contribution < 1.29 is 4.39 Å². The number of rotatable bonds is 4. The molecule has 0 amide bonds. The highest BCUT2D eigenvalue weighted by atomic mass is 79.9. The van der Waals surface area contributed by atoms with Crippen LogP contribution in [0.5, 0.6) is 0 Å². The van der Waals surface area contributed by atoms with Crippen LogP contribution in [-0.4, -0.2) is 7.05 Å². The van der Waals surface area contributed by atoms with Gasteiger partial charge in [-0.3, -0.25) is 0 Å². The number of aryl methyl sites for hydroxylation is 1. The number of nitrogens with two attached hydrogens (primary N) is 1. The lowest BCUT2D eigenvalue weighted by Gasteiger charge is -2.25. The number of anilines is 1. The van der Waals surface area contributed by atoms with Gasteiger partial charge in [-0.1, -0.05) is 34.1 Å². The quantitative estimate of drug-likeness (QED) is 0.876. The van der Waals surface area contributed by atoms with Crippen molar-refractivity contribution in [2.75, 3.05) is 11.9 Å². The number of nitrogens with zero attached hydrogens (tertiary/aromatic N) is 1. The molecule has 0 saturated carbocycles. The molecule has 0 aliphatic rings. The van der Waals surface area contributed by atoms with Crippen LogP contribution in [0.1, 0.15) is 29.7 Å². The van der Waals surface area contributed by atoms with Crippen LogP contribution in [-0.2, 0) is 6.54 Å². The summed E-state index contributed by atoms with van der Waals surface area (Å²) in [7, 11) is 2.00. The maximum atomic E-state index is 13.8. The molecule has 2 rings (SSSR count). The van der Waals surface area contributed by atoms with E-state index in [0.29, 0.717) is 5.56 Å². The van der Waals surface area contributed by atoms with E-state index >= 15 is 0 Å². The smallest absolute Gasteiger partial charge is 0.126 e. The highest BCUT2D eigenvalue weighted by Crippen LogP contribution is 2.29. The average molecular weight is 351 g/mol. The van der Waals surface area contributed by atoms with Gasteiger partial charge in [-0.25, -0.2) is 4.39 Å². The van der Waals surface area contributed by atoms with E-state index in [2.05, 4.69) is 26.9 Å². The van der Waals surface area contributed by atoms with Crippen LogP contribution >= 0.6 is 15.9 Å². The number of hydrogen-bond acceptors (Lipinski definition) is 2. The summed E-state index contributed by atoms with van der Waals surface area (Å²) in [5.41, 5.74) is 9.60. The zero-order chi connectivity index (χ0) is 15.6. The molecule has 0 spiro atoms. The largest absolute Gasteiger partial charge is 0.370 e. The summed E-state index contributed by atoms with van der Waals surface area (Å²) < 4.78 is 14.9. The van der Waals surface area contributed by atoms with Gasteiger partial charge in [0.25, 0.3) is 0 Å². The summed E-state index contributed by atoms with van der Waals surface area (Å²) in [6, 6.07) is 11.3. The number of halogens is 2. The Morgan fingerprint density at radius 2 is 1.95 bits per heavy atom. The maximum absolute atomic E-state index is 13.8. The molecule has 21 heavy (non-hydrogen) atoms. The molecule has 0 aliphatic carbocycles. The maximum Gasteiger partial charge on any atom is 0.126 e. The van der Waals surface area contributed by atoms with Gasteiger partial charge in [-0.2, -0.15) is 0 Å². The molecular weight excluding hydrogens is 331 g/mol. The predicted octanol–water partition coefficient (Wildman–Crippen LogP) is 4.55. The van der Waals surface area contributed by atoms with E-state index in [9.17, 15) is 4.39 Å².